The van der Waals surface area contributed by atoms with Crippen molar-refractivity contribution in [2.75, 3.05) is 12.9 Å². The average Bonchev–Trinajstić information content (AvgIpc) is 2.77. The van der Waals surface area contributed by atoms with E-state index in [4.69, 9.17) is 4.74 Å². The summed E-state index contributed by atoms with van der Waals surface area (Å²) in [4.78, 5) is 25.8. The van der Waals surface area contributed by atoms with Crippen LogP contribution in [0.2, 0.25) is 0 Å². The summed E-state index contributed by atoms with van der Waals surface area (Å²) < 4.78 is 5.01. The van der Waals surface area contributed by atoms with E-state index in [9.17, 15) is 14.7 Å². The van der Waals surface area contributed by atoms with Gasteiger partial charge in [-0.25, -0.2) is 9.59 Å². The first-order valence-corrected chi connectivity index (χ1v) is 11.1. The maximum absolute atomic E-state index is 12.7. The molecule has 1 aliphatic rings. The average molecular weight is 438 g/mol. The van der Waals surface area contributed by atoms with Crippen molar-refractivity contribution in [3.63, 3.8) is 0 Å². The van der Waals surface area contributed by atoms with E-state index in [0.717, 1.165) is 16.2 Å². The number of allylic oxidation sites excluding steroid dienone is 2. The topological polar surface area (TPSA) is 75.6 Å². The highest BCUT2D eigenvalue weighted by Gasteiger charge is 2.38. The van der Waals surface area contributed by atoms with E-state index in [2.05, 4.69) is 24.4 Å². The Morgan fingerprint density at radius 1 is 1.03 bits per heavy atom. The summed E-state index contributed by atoms with van der Waals surface area (Å²) in [6.45, 7) is 5.67. The lowest BCUT2D eigenvalue weighted by molar-refractivity contribution is -0.136. The Kier molecular flexibility index (Phi) is 7.23. The van der Waals surface area contributed by atoms with E-state index in [1.54, 1.807) is 25.6 Å². The molecule has 0 spiro atoms. The number of carboxylic acid groups (broad SMARTS) is 1. The number of methoxy groups -OCH3 is 1. The van der Waals surface area contributed by atoms with Crippen LogP contribution in [0.3, 0.4) is 0 Å². The zero-order chi connectivity index (χ0) is 22.5. The Hall–Kier alpha value is -2.99. The summed E-state index contributed by atoms with van der Waals surface area (Å²) in [6, 6.07) is 18.0. The molecule has 6 heteroatoms. The molecule has 2 atom stereocenters. The van der Waals surface area contributed by atoms with Gasteiger partial charge in [0.05, 0.1) is 24.2 Å². The molecule has 2 N–H and O–H groups in total. The van der Waals surface area contributed by atoms with Crippen LogP contribution < -0.4 is 5.32 Å². The quantitative estimate of drug-likeness (QED) is 0.465. The molecule has 1 heterocycles. The molecular weight excluding hydrogens is 410 g/mol. The van der Waals surface area contributed by atoms with Gasteiger partial charge in [-0.1, -0.05) is 55.5 Å². The SMILES string of the molecule is COC(=O)C1=C(C)NC(C)=C(C(=O)O)C1c1ccccc1SCC(C)c1ccccc1. The first-order chi connectivity index (χ1) is 14.8. The number of rotatable bonds is 7. The third kappa shape index (κ3) is 4.85. The molecule has 0 aliphatic carbocycles. The Bertz CT molecular complexity index is 1040. The second-order valence-electron chi connectivity index (χ2n) is 7.59. The van der Waals surface area contributed by atoms with Crippen LogP contribution in [-0.2, 0) is 14.3 Å². The lowest BCUT2D eigenvalue weighted by atomic mass is 9.80. The number of carbonyl (C=O) groups excluding carboxylic acids is 1. The monoisotopic (exact) mass is 437 g/mol. The van der Waals surface area contributed by atoms with Gasteiger partial charge in [0.2, 0.25) is 0 Å². The normalized spacial score (nSPS) is 17.2. The van der Waals surface area contributed by atoms with Gasteiger partial charge in [-0.3, -0.25) is 0 Å². The summed E-state index contributed by atoms with van der Waals surface area (Å²) >= 11 is 1.67. The molecular formula is C25H27NO4S. The van der Waals surface area contributed by atoms with Crippen LogP contribution in [-0.4, -0.2) is 29.9 Å². The smallest absolute Gasteiger partial charge is 0.336 e. The van der Waals surface area contributed by atoms with Gasteiger partial charge in [0.1, 0.15) is 0 Å². The number of nitrogens with one attached hydrogen (secondary N) is 1. The Balaban J connectivity index is 2.02. The first kappa shape index (κ1) is 22.7. The summed E-state index contributed by atoms with van der Waals surface area (Å²) in [5.41, 5.74) is 3.68. The Morgan fingerprint density at radius 2 is 1.65 bits per heavy atom. The van der Waals surface area contributed by atoms with Crippen molar-refractivity contribution < 1.29 is 19.4 Å². The standard InChI is InChI=1S/C25H27NO4S/c1-15(18-10-6-5-7-11-18)14-31-20-13-9-8-12-19(20)23-21(24(27)28)16(2)26-17(3)22(23)25(29)30-4/h5-13,15,23,26H,14H2,1-4H3,(H,27,28). The largest absolute Gasteiger partial charge is 0.478 e. The van der Waals surface area contributed by atoms with Crippen LogP contribution in [0.4, 0.5) is 0 Å². The zero-order valence-electron chi connectivity index (χ0n) is 18.1. The molecule has 0 saturated carbocycles. The molecule has 0 aromatic heterocycles. The van der Waals surface area contributed by atoms with Crippen molar-refractivity contribution in [3.8, 4) is 0 Å². The van der Waals surface area contributed by atoms with Crippen LogP contribution in [0.5, 0.6) is 0 Å². The predicted molar refractivity (Wildman–Crippen MR) is 123 cm³/mol. The first-order valence-electron chi connectivity index (χ1n) is 10.1. The minimum atomic E-state index is -1.05. The third-order valence-corrected chi connectivity index (χ3v) is 6.83. The van der Waals surface area contributed by atoms with Gasteiger partial charge in [0, 0.05) is 22.0 Å². The molecule has 5 nitrogen and oxygen atoms in total. The second-order valence-corrected chi connectivity index (χ2v) is 8.65. The highest BCUT2D eigenvalue weighted by Crippen LogP contribution is 2.43. The van der Waals surface area contributed by atoms with Gasteiger partial charge in [0.25, 0.3) is 0 Å². The Morgan fingerprint density at radius 3 is 2.29 bits per heavy atom. The zero-order valence-corrected chi connectivity index (χ0v) is 19.0. The number of benzene rings is 2. The van der Waals surface area contributed by atoms with Gasteiger partial charge in [-0.05, 0) is 37.0 Å². The fourth-order valence-corrected chi connectivity index (χ4v) is 5.06. The summed E-state index contributed by atoms with van der Waals surface area (Å²) in [6.07, 6.45) is 0. The van der Waals surface area contributed by atoms with Crippen molar-refractivity contribution in [1.29, 1.82) is 0 Å². The van der Waals surface area contributed by atoms with E-state index in [0.29, 0.717) is 22.9 Å². The fraction of sp³-hybridized carbons (Fsp3) is 0.280. The molecule has 1 aliphatic heterocycles. The van der Waals surface area contributed by atoms with Crippen LogP contribution in [0.25, 0.3) is 0 Å². The number of thioether (sulfide) groups is 1. The number of esters is 1. The molecule has 2 aromatic rings. The van der Waals surface area contributed by atoms with Gasteiger partial charge < -0.3 is 15.2 Å². The molecule has 2 aromatic carbocycles. The number of ether oxygens (including phenoxy) is 1. The summed E-state index contributed by atoms with van der Waals surface area (Å²) in [7, 11) is 1.31. The van der Waals surface area contributed by atoms with Crippen molar-refractivity contribution in [2.24, 2.45) is 0 Å². The van der Waals surface area contributed by atoms with Gasteiger partial charge in [-0.2, -0.15) is 0 Å². The van der Waals surface area contributed by atoms with Crippen molar-refractivity contribution in [1.82, 2.24) is 5.32 Å². The highest BCUT2D eigenvalue weighted by molar-refractivity contribution is 7.99. The summed E-state index contributed by atoms with van der Waals surface area (Å²) in [5.74, 6) is -1.14. The Labute approximate surface area is 187 Å². The van der Waals surface area contributed by atoms with Crippen molar-refractivity contribution in [3.05, 3.63) is 88.3 Å². The molecule has 31 heavy (non-hydrogen) atoms. The second kappa shape index (κ2) is 9.88. The van der Waals surface area contributed by atoms with E-state index < -0.39 is 17.9 Å². The van der Waals surface area contributed by atoms with Crippen LogP contribution in [0, 0.1) is 0 Å². The van der Waals surface area contributed by atoms with E-state index in [1.165, 1.54) is 12.7 Å². The lowest BCUT2D eigenvalue weighted by Gasteiger charge is -2.30. The molecule has 0 amide bonds. The number of carbonyl (C=O) groups is 2. The number of dihydropyridines is 1. The van der Waals surface area contributed by atoms with Gasteiger partial charge in [0.15, 0.2) is 0 Å². The van der Waals surface area contributed by atoms with Crippen molar-refractivity contribution >= 4 is 23.7 Å². The lowest BCUT2D eigenvalue weighted by Crippen LogP contribution is -2.31. The van der Waals surface area contributed by atoms with Crippen LogP contribution in [0.15, 0.2) is 82.0 Å². The third-order valence-electron chi connectivity index (χ3n) is 5.48. The van der Waals surface area contributed by atoms with E-state index in [-0.39, 0.29) is 5.57 Å². The number of hydrogen-bond acceptors (Lipinski definition) is 5. The molecule has 0 radical (unpaired) electrons. The molecule has 0 saturated heterocycles. The molecule has 0 bridgehead atoms. The van der Waals surface area contributed by atoms with Crippen LogP contribution in [0.1, 0.15) is 43.7 Å². The minimum Gasteiger partial charge on any atom is -0.478 e. The maximum atomic E-state index is 12.7. The number of aliphatic carboxylic acids is 1. The molecule has 0 fully saturated rings. The molecule has 2 unspecified atom stereocenters. The summed E-state index contributed by atoms with van der Waals surface area (Å²) in [5, 5.41) is 13.0. The number of hydrogen-bond donors (Lipinski definition) is 2. The molecule has 3 rings (SSSR count). The fourth-order valence-electron chi connectivity index (χ4n) is 3.91. The minimum absolute atomic E-state index is 0.162. The van der Waals surface area contributed by atoms with E-state index >= 15 is 0 Å². The highest BCUT2D eigenvalue weighted by atomic mass is 32.2. The van der Waals surface area contributed by atoms with Crippen LogP contribution >= 0.6 is 11.8 Å². The molecule has 162 valence electrons. The predicted octanol–water partition coefficient (Wildman–Crippen LogP) is 5.07. The number of carboxylic acids is 1. The van der Waals surface area contributed by atoms with Gasteiger partial charge >= 0.3 is 11.9 Å². The van der Waals surface area contributed by atoms with Crippen molar-refractivity contribution in [2.45, 2.75) is 37.5 Å². The van der Waals surface area contributed by atoms with Gasteiger partial charge in [-0.15, -0.1) is 11.8 Å². The maximum Gasteiger partial charge on any atom is 0.336 e. The van der Waals surface area contributed by atoms with E-state index in [1.807, 2.05) is 42.5 Å².